The number of hydrogen-bond acceptors (Lipinski definition) is 2. The molecule has 0 spiro atoms. The van der Waals surface area contributed by atoms with Crippen molar-refractivity contribution in [1.82, 2.24) is 4.57 Å². The number of nitrogens with zero attached hydrogens (tertiary/aromatic N) is 1. The summed E-state index contributed by atoms with van der Waals surface area (Å²) in [5.74, 6) is -0.252. The molecule has 0 atom stereocenters. The van der Waals surface area contributed by atoms with E-state index >= 15 is 0 Å². The Morgan fingerprint density at radius 3 is 2.74 bits per heavy atom. The minimum Gasteiger partial charge on any atom is -0.324 e. The SMILES string of the molecule is O=C(Cn1cccc(Br)c1=O)Nc1cccc(Br)c1. The van der Waals surface area contributed by atoms with E-state index in [2.05, 4.69) is 37.2 Å². The maximum absolute atomic E-state index is 11.9. The van der Waals surface area contributed by atoms with Crippen molar-refractivity contribution >= 4 is 43.5 Å². The Morgan fingerprint density at radius 2 is 2.00 bits per heavy atom. The first-order valence-corrected chi connectivity index (χ1v) is 7.05. The van der Waals surface area contributed by atoms with Gasteiger partial charge in [0.05, 0.1) is 4.47 Å². The molecule has 1 amide bonds. The highest BCUT2D eigenvalue weighted by molar-refractivity contribution is 9.10. The predicted octanol–water partition coefficient (Wildman–Crippen LogP) is 3.01. The standard InChI is InChI=1S/C13H10Br2N2O2/c14-9-3-1-4-10(7-9)16-12(18)8-17-6-2-5-11(15)13(17)19/h1-7H,8H2,(H,16,18). The molecule has 98 valence electrons. The van der Waals surface area contributed by atoms with Gasteiger partial charge in [-0.3, -0.25) is 9.59 Å². The van der Waals surface area contributed by atoms with Crippen molar-refractivity contribution in [3.8, 4) is 0 Å². The highest BCUT2D eigenvalue weighted by Gasteiger charge is 2.06. The molecule has 0 bridgehead atoms. The molecule has 0 unspecified atom stereocenters. The molecule has 0 aliphatic heterocycles. The van der Waals surface area contributed by atoms with Gasteiger partial charge in [0, 0.05) is 16.4 Å². The van der Waals surface area contributed by atoms with Crippen molar-refractivity contribution in [3.05, 3.63) is 61.9 Å². The summed E-state index contributed by atoms with van der Waals surface area (Å²) in [6, 6.07) is 10.6. The lowest BCUT2D eigenvalue weighted by Gasteiger charge is -2.07. The number of halogens is 2. The summed E-state index contributed by atoms with van der Waals surface area (Å²) in [6.07, 6.45) is 1.58. The second kappa shape index (κ2) is 6.16. The second-order valence-electron chi connectivity index (χ2n) is 3.85. The summed E-state index contributed by atoms with van der Waals surface area (Å²) >= 11 is 6.47. The van der Waals surface area contributed by atoms with E-state index in [-0.39, 0.29) is 18.0 Å². The van der Waals surface area contributed by atoms with Gasteiger partial charge in [-0.25, -0.2) is 0 Å². The number of nitrogens with one attached hydrogen (secondary N) is 1. The molecule has 6 heteroatoms. The predicted molar refractivity (Wildman–Crippen MR) is 81.2 cm³/mol. The van der Waals surface area contributed by atoms with Crippen LogP contribution in [0.5, 0.6) is 0 Å². The zero-order valence-corrected chi connectivity index (χ0v) is 12.9. The molecule has 0 aliphatic carbocycles. The molecule has 0 radical (unpaired) electrons. The van der Waals surface area contributed by atoms with E-state index in [9.17, 15) is 9.59 Å². The van der Waals surface area contributed by atoms with E-state index in [4.69, 9.17) is 0 Å². The van der Waals surface area contributed by atoms with Crippen LogP contribution in [0.4, 0.5) is 5.69 Å². The fourth-order valence-electron chi connectivity index (χ4n) is 1.55. The topological polar surface area (TPSA) is 51.1 Å². The molecule has 4 nitrogen and oxygen atoms in total. The van der Waals surface area contributed by atoms with E-state index in [1.165, 1.54) is 4.57 Å². The van der Waals surface area contributed by atoms with Gasteiger partial charge in [0.25, 0.3) is 5.56 Å². The molecule has 1 aromatic heterocycles. The van der Waals surface area contributed by atoms with E-state index < -0.39 is 0 Å². The molecular formula is C13H10Br2N2O2. The van der Waals surface area contributed by atoms with Gasteiger partial charge in [-0.05, 0) is 46.3 Å². The highest BCUT2D eigenvalue weighted by atomic mass is 79.9. The normalized spacial score (nSPS) is 10.2. The van der Waals surface area contributed by atoms with Gasteiger partial charge in [-0.1, -0.05) is 22.0 Å². The summed E-state index contributed by atoms with van der Waals surface area (Å²) in [5.41, 5.74) is 0.453. The van der Waals surface area contributed by atoms with Crippen LogP contribution >= 0.6 is 31.9 Å². The zero-order valence-electron chi connectivity index (χ0n) is 9.77. The van der Waals surface area contributed by atoms with E-state index in [0.29, 0.717) is 10.2 Å². The van der Waals surface area contributed by atoms with Crippen LogP contribution < -0.4 is 10.9 Å². The minimum absolute atomic E-state index is 0.0230. The first kappa shape index (κ1) is 14.0. The largest absolute Gasteiger partial charge is 0.324 e. The average molecular weight is 386 g/mol. The number of carbonyl (C=O) groups is 1. The molecule has 2 rings (SSSR count). The minimum atomic E-state index is -0.252. The smallest absolute Gasteiger partial charge is 0.265 e. The van der Waals surface area contributed by atoms with Gasteiger partial charge in [0.1, 0.15) is 6.54 Å². The van der Waals surface area contributed by atoms with Gasteiger partial charge >= 0.3 is 0 Å². The highest BCUT2D eigenvalue weighted by Crippen LogP contribution is 2.15. The van der Waals surface area contributed by atoms with E-state index in [1.54, 1.807) is 30.5 Å². The first-order valence-electron chi connectivity index (χ1n) is 5.46. The summed E-state index contributed by atoms with van der Waals surface area (Å²) in [6.45, 7) is -0.0230. The van der Waals surface area contributed by atoms with Crippen LogP contribution in [-0.2, 0) is 11.3 Å². The number of benzene rings is 1. The van der Waals surface area contributed by atoms with Crippen molar-refractivity contribution in [3.63, 3.8) is 0 Å². The Kier molecular flexibility index (Phi) is 4.55. The summed E-state index contributed by atoms with van der Waals surface area (Å²) in [4.78, 5) is 23.6. The van der Waals surface area contributed by atoms with Crippen LogP contribution in [0.15, 0.2) is 56.3 Å². The average Bonchev–Trinajstić information content (AvgIpc) is 2.35. The van der Waals surface area contributed by atoms with Gasteiger partial charge in [0.2, 0.25) is 5.91 Å². The third kappa shape index (κ3) is 3.78. The maximum Gasteiger partial charge on any atom is 0.265 e. The molecule has 0 aliphatic rings. The molecule has 1 aromatic carbocycles. The molecule has 1 N–H and O–H groups in total. The van der Waals surface area contributed by atoms with Crippen LogP contribution in [0, 0.1) is 0 Å². The van der Waals surface area contributed by atoms with E-state index in [1.807, 2.05) is 12.1 Å². The third-order valence-electron chi connectivity index (χ3n) is 2.40. The molecule has 0 saturated heterocycles. The molecule has 0 fully saturated rings. The Bertz CT molecular complexity index is 668. The molecular weight excluding hydrogens is 376 g/mol. The Morgan fingerprint density at radius 1 is 1.21 bits per heavy atom. The molecule has 19 heavy (non-hydrogen) atoms. The number of carbonyl (C=O) groups excluding carboxylic acids is 1. The summed E-state index contributed by atoms with van der Waals surface area (Å²) in [5, 5.41) is 2.73. The fourth-order valence-corrected chi connectivity index (χ4v) is 2.33. The lowest BCUT2D eigenvalue weighted by atomic mass is 10.3. The first-order chi connectivity index (χ1) is 9.06. The van der Waals surface area contributed by atoms with Crippen LogP contribution in [0.1, 0.15) is 0 Å². The van der Waals surface area contributed by atoms with Crippen molar-refractivity contribution in [1.29, 1.82) is 0 Å². The zero-order chi connectivity index (χ0) is 13.8. The van der Waals surface area contributed by atoms with Crippen LogP contribution in [0.25, 0.3) is 0 Å². The molecule has 2 aromatic rings. The van der Waals surface area contributed by atoms with Gasteiger partial charge in [-0.15, -0.1) is 0 Å². The second-order valence-corrected chi connectivity index (χ2v) is 5.62. The molecule has 1 heterocycles. The number of pyridine rings is 1. The maximum atomic E-state index is 11.9. The number of rotatable bonds is 3. The fraction of sp³-hybridized carbons (Fsp3) is 0.0769. The van der Waals surface area contributed by atoms with Crippen LogP contribution in [-0.4, -0.2) is 10.5 Å². The van der Waals surface area contributed by atoms with Crippen LogP contribution in [0.3, 0.4) is 0 Å². The van der Waals surface area contributed by atoms with Crippen molar-refractivity contribution in [2.75, 3.05) is 5.32 Å². The van der Waals surface area contributed by atoms with Gasteiger partial charge < -0.3 is 9.88 Å². The summed E-state index contributed by atoms with van der Waals surface area (Å²) in [7, 11) is 0. The number of amides is 1. The van der Waals surface area contributed by atoms with E-state index in [0.717, 1.165) is 4.47 Å². The van der Waals surface area contributed by atoms with Crippen molar-refractivity contribution < 1.29 is 4.79 Å². The Balaban J connectivity index is 2.10. The number of anilines is 1. The summed E-state index contributed by atoms with van der Waals surface area (Å²) < 4.78 is 2.66. The van der Waals surface area contributed by atoms with Crippen molar-refractivity contribution in [2.24, 2.45) is 0 Å². The Labute approximate surface area is 126 Å². The third-order valence-corrected chi connectivity index (χ3v) is 3.49. The Hall–Kier alpha value is -1.40. The lowest BCUT2D eigenvalue weighted by Crippen LogP contribution is -2.27. The molecule has 0 saturated carbocycles. The van der Waals surface area contributed by atoms with Gasteiger partial charge in [0.15, 0.2) is 0 Å². The van der Waals surface area contributed by atoms with Crippen molar-refractivity contribution in [2.45, 2.75) is 6.54 Å². The van der Waals surface area contributed by atoms with Gasteiger partial charge in [-0.2, -0.15) is 0 Å². The number of aromatic nitrogens is 1. The quantitative estimate of drug-likeness (QED) is 0.882. The lowest BCUT2D eigenvalue weighted by molar-refractivity contribution is -0.116. The number of hydrogen-bond donors (Lipinski definition) is 1. The monoisotopic (exact) mass is 384 g/mol. The van der Waals surface area contributed by atoms with Crippen LogP contribution in [0.2, 0.25) is 0 Å².